The van der Waals surface area contributed by atoms with Crippen LogP contribution in [0.1, 0.15) is 29.5 Å². The molecule has 0 saturated carbocycles. The van der Waals surface area contributed by atoms with Crippen molar-refractivity contribution in [3.05, 3.63) is 40.8 Å². The van der Waals surface area contributed by atoms with Gasteiger partial charge in [0.1, 0.15) is 27.9 Å². The lowest BCUT2D eigenvalue weighted by atomic mass is 10.2. The van der Waals surface area contributed by atoms with Gasteiger partial charge in [-0.15, -0.1) is 0 Å². The highest BCUT2D eigenvalue weighted by molar-refractivity contribution is 6.34. The summed E-state index contributed by atoms with van der Waals surface area (Å²) in [5.41, 5.74) is 5.09. The maximum Gasteiger partial charge on any atom is 0.280 e. The Morgan fingerprint density at radius 1 is 1.48 bits per heavy atom. The molecule has 0 fully saturated rings. The lowest BCUT2D eigenvalue weighted by Crippen LogP contribution is -2.16. The molecule has 0 atom stereocenters. The molecule has 0 saturated heterocycles. The van der Waals surface area contributed by atoms with Crippen LogP contribution in [0.4, 0.5) is 20.3 Å². The van der Waals surface area contributed by atoms with Crippen LogP contribution in [0, 0.1) is 0 Å². The van der Waals surface area contributed by atoms with Crippen LogP contribution in [0.3, 0.4) is 0 Å². The molecular formula is C14H13ClF2N4O2. The number of amides is 1. The molecule has 0 aliphatic carbocycles. The van der Waals surface area contributed by atoms with Gasteiger partial charge in [-0.25, -0.2) is 18.7 Å². The second-order valence-corrected chi connectivity index (χ2v) is 4.71. The van der Waals surface area contributed by atoms with Crippen molar-refractivity contribution < 1.29 is 18.3 Å². The first-order valence-electron chi connectivity index (χ1n) is 6.57. The molecule has 6 nitrogen and oxygen atoms in total. The zero-order valence-electron chi connectivity index (χ0n) is 12.0. The number of alkyl halides is 2. The summed E-state index contributed by atoms with van der Waals surface area (Å²) in [6.45, 7) is 2.01. The van der Waals surface area contributed by atoms with Gasteiger partial charge in [-0.05, 0) is 19.1 Å². The third kappa shape index (κ3) is 3.84. The summed E-state index contributed by atoms with van der Waals surface area (Å²) in [6.07, 6.45) is -1.50. The predicted molar refractivity (Wildman–Crippen MR) is 82.0 cm³/mol. The fourth-order valence-corrected chi connectivity index (χ4v) is 1.95. The predicted octanol–water partition coefficient (Wildman–Crippen LogP) is 3.30. The van der Waals surface area contributed by atoms with E-state index >= 15 is 0 Å². The number of nitrogens with zero attached hydrogens (tertiary/aromatic N) is 2. The Labute approximate surface area is 135 Å². The highest BCUT2D eigenvalue weighted by Crippen LogP contribution is 2.36. The number of halogens is 3. The lowest BCUT2D eigenvalue weighted by Gasteiger charge is -2.13. The van der Waals surface area contributed by atoms with Crippen LogP contribution in [-0.4, -0.2) is 22.5 Å². The van der Waals surface area contributed by atoms with E-state index in [1.54, 1.807) is 6.92 Å². The van der Waals surface area contributed by atoms with Crippen LogP contribution in [0.2, 0.25) is 5.02 Å². The zero-order valence-corrected chi connectivity index (χ0v) is 12.8. The normalized spacial score (nSPS) is 10.7. The number of hydrogen-bond acceptors (Lipinski definition) is 5. The van der Waals surface area contributed by atoms with E-state index in [1.165, 1.54) is 18.3 Å². The Morgan fingerprint density at radius 3 is 2.87 bits per heavy atom. The molecular weight excluding hydrogens is 330 g/mol. The summed E-state index contributed by atoms with van der Waals surface area (Å²) >= 11 is 5.99. The quantitative estimate of drug-likeness (QED) is 0.870. The second-order valence-electron chi connectivity index (χ2n) is 4.34. The van der Waals surface area contributed by atoms with E-state index in [0.717, 1.165) is 6.07 Å². The number of ether oxygens (including phenoxy) is 1. The number of rotatable bonds is 5. The van der Waals surface area contributed by atoms with Crippen molar-refractivity contribution in [2.75, 3.05) is 17.7 Å². The molecule has 9 heteroatoms. The molecule has 3 N–H and O–H groups in total. The van der Waals surface area contributed by atoms with Crippen LogP contribution < -0.4 is 15.8 Å². The van der Waals surface area contributed by atoms with Gasteiger partial charge in [0.25, 0.3) is 12.3 Å². The second kappa shape index (κ2) is 7.19. The minimum absolute atomic E-state index is 0.0472. The minimum atomic E-state index is -2.77. The molecule has 2 rings (SSSR count). The smallest absolute Gasteiger partial charge is 0.280 e. The molecule has 122 valence electrons. The highest BCUT2D eigenvalue weighted by Gasteiger charge is 2.18. The van der Waals surface area contributed by atoms with E-state index < -0.39 is 18.0 Å². The summed E-state index contributed by atoms with van der Waals surface area (Å²) in [5, 5.41) is 2.53. The van der Waals surface area contributed by atoms with E-state index in [0.29, 0.717) is 0 Å². The molecule has 0 bridgehead atoms. The largest absolute Gasteiger partial charge is 0.490 e. The first kappa shape index (κ1) is 16.9. The van der Waals surface area contributed by atoms with E-state index in [-0.39, 0.29) is 34.6 Å². The van der Waals surface area contributed by atoms with Crippen LogP contribution in [-0.2, 0) is 0 Å². The van der Waals surface area contributed by atoms with Crippen molar-refractivity contribution in [1.29, 1.82) is 0 Å². The molecule has 0 aromatic carbocycles. The van der Waals surface area contributed by atoms with Gasteiger partial charge in [0.2, 0.25) is 0 Å². The molecule has 0 radical (unpaired) electrons. The fourth-order valence-electron chi connectivity index (χ4n) is 1.74. The summed E-state index contributed by atoms with van der Waals surface area (Å²) in [5.74, 6) is -0.498. The maximum atomic E-state index is 12.6. The molecule has 0 spiro atoms. The average Bonchev–Trinajstić information content (AvgIpc) is 2.54. The third-order valence-corrected chi connectivity index (χ3v) is 3.13. The van der Waals surface area contributed by atoms with E-state index in [2.05, 4.69) is 15.3 Å². The summed E-state index contributed by atoms with van der Waals surface area (Å²) in [4.78, 5) is 19.6. The van der Waals surface area contributed by atoms with Crippen molar-refractivity contribution in [3.8, 4) is 5.75 Å². The van der Waals surface area contributed by atoms with Crippen LogP contribution in [0.5, 0.6) is 5.75 Å². The highest BCUT2D eigenvalue weighted by atomic mass is 35.5. The van der Waals surface area contributed by atoms with Crippen molar-refractivity contribution in [3.63, 3.8) is 0 Å². The fraction of sp³-hybridized carbons (Fsp3) is 0.214. The number of pyridine rings is 2. The number of carbonyl (C=O) groups excluding carboxylic acids is 1. The van der Waals surface area contributed by atoms with Gasteiger partial charge in [-0.3, -0.25) is 4.79 Å². The molecule has 23 heavy (non-hydrogen) atoms. The van der Waals surface area contributed by atoms with E-state index in [9.17, 15) is 13.6 Å². The Balaban J connectivity index is 2.30. The number of carbonyl (C=O) groups is 1. The van der Waals surface area contributed by atoms with Crippen LogP contribution in [0.25, 0.3) is 0 Å². The first-order valence-corrected chi connectivity index (χ1v) is 6.95. The monoisotopic (exact) mass is 342 g/mol. The lowest BCUT2D eigenvalue weighted by molar-refractivity contribution is 0.101. The van der Waals surface area contributed by atoms with Crippen LogP contribution >= 0.6 is 11.6 Å². The summed E-state index contributed by atoms with van der Waals surface area (Å²) in [7, 11) is 0. The number of nitrogens with two attached hydrogens (primary N) is 1. The molecule has 0 aliphatic rings. The van der Waals surface area contributed by atoms with E-state index in [4.69, 9.17) is 22.1 Å². The van der Waals surface area contributed by atoms with Gasteiger partial charge in [0, 0.05) is 0 Å². The number of nitrogens with one attached hydrogen (secondary N) is 1. The van der Waals surface area contributed by atoms with Gasteiger partial charge >= 0.3 is 0 Å². The van der Waals surface area contributed by atoms with E-state index in [1.807, 2.05) is 0 Å². The van der Waals surface area contributed by atoms with Gasteiger partial charge in [0.15, 0.2) is 5.75 Å². The molecule has 0 aliphatic heterocycles. The Morgan fingerprint density at radius 2 is 2.22 bits per heavy atom. The molecule has 2 heterocycles. The number of anilines is 2. The van der Waals surface area contributed by atoms with Crippen molar-refractivity contribution >= 4 is 29.0 Å². The molecule has 1 amide bonds. The van der Waals surface area contributed by atoms with Gasteiger partial charge in [0.05, 0.1) is 12.8 Å². The average molecular weight is 343 g/mol. The zero-order chi connectivity index (χ0) is 17.0. The van der Waals surface area contributed by atoms with Gasteiger partial charge < -0.3 is 15.8 Å². The van der Waals surface area contributed by atoms with Crippen molar-refractivity contribution in [2.24, 2.45) is 0 Å². The van der Waals surface area contributed by atoms with Crippen molar-refractivity contribution in [1.82, 2.24) is 9.97 Å². The summed E-state index contributed by atoms with van der Waals surface area (Å²) < 4.78 is 30.6. The topological polar surface area (TPSA) is 90.1 Å². The van der Waals surface area contributed by atoms with Gasteiger partial charge in [-0.1, -0.05) is 17.7 Å². The molecule has 2 aromatic heterocycles. The van der Waals surface area contributed by atoms with Gasteiger partial charge in [-0.2, -0.15) is 0 Å². The standard InChI is InChI=1S/C14H13ClF2N4O2/c1-2-23-11-9(6-19-13(18)10(11)15)21-14(22)8-5-3-4-7(20-8)12(16)17/h3-6,12H,2H2,1H3,(H2,18,19)(H,21,22). The number of aromatic nitrogens is 2. The molecule has 2 aromatic rings. The van der Waals surface area contributed by atoms with Crippen molar-refractivity contribution in [2.45, 2.75) is 13.3 Å². The van der Waals surface area contributed by atoms with Crippen LogP contribution in [0.15, 0.2) is 24.4 Å². The molecule has 0 unspecified atom stereocenters. The summed E-state index contributed by atoms with van der Waals surface area (Å²) in [6, 6.07) is 3.77. The SMILES string of the molecule is CCOc1c(NC(=O)c2cccc(C(F)F)n2)cnc(N)c1Cl. The Hall–Kier alpha value is -2.48. The third-order valence-electron chi connectivity index (χ3n) is 2.77. The number of hydrogen-bond donors (Lipinski definition) is 2. The first-order chi connectivity index (χ1) is 10.9. The Kier molecular flexibility index (Phi) is 5.28. The maximum absolute atomic E-state index is 12.6. The Bertz CT molecular complexity index is 728. The number of nitrogen functional groups attached to an aromatic ring is 1. The minimum Gasteiger partial charge on any atom is -0.490 e.